The third kappa shape index (κ3) is 2.45. The zero-order valence-electron chi connectivity index (χ0n) is 11.8. The molecule has 1 saturated heterocycles. The van der Waals surface area contributed by atoms with E-state index in [0.29, 0.717) is 0 Å². The van der Waals surface area contributed by atoms with E-state index in [1.54, 1.807) is 12.4 Å². The Bertz CT molecular complexity index is 597. The second-order valence-corrected chi connectivity index (χ2v) is 5.44. The van der Waals surface area contributed by atoms with Crippen molar-refractivity contribution in [1.82, 2.24) is 9.97 Å². The number of aromatic nitrogens is 2. The Morgan fingerprint density at radius 2 is 1.81 bits per heavy atom. The van der Waals surface area contributed by atoms with E-state index in [-0.39, 0.29) is 6.04 Å². The van der Waals surface area contributed by atoms with Crippen LogP contribution in [-0.4, -0.2) is 36.3 Å². The van der Waals surface area contributed by atoms with E-state index in [0.717, 1.165) is 44.2 Å². The van der Waals surface area contributed by atoms with Crippen molar-refractivity contribution < 1.29 is 4.74 Å². The Morgan fingerprint density at radius 1 is 1.05 bits per heavy atom. The lowest BCUT2D eigenvalue weighted by Crippen LogP contribution is -2.36. The van der Waals surface area contributed by atoms with Crippen molar-refractivity contribution in [2.24, 2.45) is 0 Å². The molecule has 1 unspecified atom stereocenters. The maximum absolute atomic E-state index is 5.40. The third-order valence-electron chi connectivity index (χ3n) is 4.15. The summed E-state index contributed by atoms with van der Waals surface area (Å²) in [5, 5.41) is 3.44. The Balaban J connectivity index is 1.50. The van der Waals surface area contributed by atoms with Crippen molar-refractivity contribution in [3.8, 4) is 0 Å². The van der Waals surface area contributed by atoms with E-state index in [4.69, 9.17) is 4.74 Å². The Morgan fingerprint density at radius 3 is 2.57 bits per heavy atom. The van der Waals surface area contributed by atoms with E-state index < -0.39 is 0 Å². The van der Waals surface area contributed by atoms with Crippen molar-refractivity contribution in [3.63, 3.8) is 0 Å². The summed E-state index contributed by atoms with van der Waals surface area (Å²) in [6.07, 6.45) is 4.39. The van der Waals surface area contributed by atoms with Crippen molar-refractivity contribution in [2.45, 2.75) is 12.5 Å². The number of morpholine rings is 1. The topological polar surface area (TPSA) is 50.3 Å². The molecule has 1 fully saturated rings. The van der Waals surface area contributed by atoms with Crippen LogP contribution in [0.3, 0.4) is 0 Å². The molecule has 0 amide bonds. The minimum absolute atomic E-state index is 0.279. The molecule has 21 heavy (non-hydrogen) atoms. The van der Waals surface area contributed by atoms with Crippen molar-refractivity contribution in [2.75, 3.05) is 36.5 Å². The van der Waals surface area contributed by atoms with Crippen LogP contribution in [0.1, 0.15) is 17.3 Å². The van der Waals surface area contributed by atoms with E-state index in [2.05, 4.69) is 44.5 Å². The number of fused-ring (bicyclic) bond motifs is 1. The number of anilines is 2. The van der Waals surface area contributed by atoms with Gasteiger partial charge in [0.25, 0.3) is 0 Å². The summed E-state index contributed by atoms with van der Waals surface area (Å²) in [5.41, 5.74) is 3.61. The Hall–Kier alpha value is -2.14. The monoisotopic (exact) mass is 282 g/mol. The van der Waals surface area contributed by atoms with E-state index in [9.17, 15) is 0 Å². The number of benzene rings is 1. The molecule has 4 rings (SSSR count). The predicted molar refractivity (Wildman–Crippen MR) is 81.6 cm³/mol. The van der Waals surface area contributed by atoms with Gasteiger partial charge in [-0.25, -0.2) is 4.98 Å². The summed E-state index contributed by atoms with van der Waals surface area (Å²) in [7, 11) is 0. The number of hydrogen-bond donors (Lipinski definition) is 1. The molecule has 5 nitrogen and oxygen atoms in total. The van der Waals surface area contributed by atoms with Gasteiger partial charge >= 0.3 is 0 Å². The first-order chi connectivity index (χ1) is 10.4. The maximum Gasteiger partial charge on any atom is 0.148 e. The van der Waals surface area contributed by atoms with Gasteiger partial charge in [0, 0.05) is 37.6 Å². The normalized spacial score (nSPS) is 21.0. The van der Waals surface area contributed by atoms with E-state index in [1.807, 2.05) is 0 Å². The lowest BCUT2D eigenvalue weighted by atomic mass is 10.0. The first kappa shape index (κ1) is 12.6. The standard InChI is InChI=1S/C16H18N4O/c1-3-13(20-7-9-21-10-8-20)4-2-12(1)14-11-15-16(19-14)18-6-5-17-15/h1-6,14H,7-11H2,(H,18,19). The molecule has 0 aliphatic carbocycles. The highest BCUT2D eigenvalue weighted by Crippen LogP contribution is 2.31. The van der Waals surface area contributed by atoms with Crippen LogP contribution in [0.5, 0.6) is 0 Å². The fourth-order valence-electron chi connectivity index (χ4n) is 2.99. The van der Waals surface area contributed by atoms with E-state index >= 15 is 0 Å². The molecule has 2 aliphatic rings. The average Bonchev–Trinajstić information content (AvgIpc) is 3.00. The summed E-state index contributed by atoms with van der Waals surface area (Å²) in [6, 6.07) is 9.09. The molecular formula is C16H18N4O. The Labute approximate surface area is 124 Å². The van der Waals surface area contributed by atoms with Crippen LogP contribution in [-0.2, 0) is 11.2 Å². The van der Waals surface area contributed by atoms with Crippen LogP contribution in [0.25, 0.3) is 0 Å². The summed E-state index contributed by atoms with van der Waals surface area (Å²) < 4.78 is 5.40. The highest BCUT2D eigenvalue weighted by molar-refractivity contribution is 5.52. The summed E-state index contributed by atoms with van der Waals surface area (Å²) in [5.74, 6) is 0.916. The average molecular weight is 282 g/mol. The molecule has 2 aromatic rings. The van der Waals surface area contributed by atoms with Crippen LogP contribution in [0, 0.1) is 0 Å². The third-order valence-corrected chi connectivity index (χ3v) is 4.15. The van der Waals surface area contributed by atoms with Gasteiger partial charge in [-0.3, -0.25) is 4.98 Å². The molecule has 0 radical (unpaired) electrons. The maximum atomic E-state index is 5.40. The molecule has 1 aromatic carbocycles. The molecule has 1 N–H and O–H groups in total. The zero-order chi connectivity index (χ0) is 14.1. The molecule has 1 atom stereocenters. The molecule has 0 saturated carbocycles. The molecule has 0 spiro atoms. The summed E-state index contributed by atoms with van der Waals surface area (Å²) in [6.45, 7) is 3.58. The van der Waals surface area contributed by atoms with Gasteiger partial charge in [-0.1, -0.05) is 12.1 Å². The van der Waals surface area contributed by atoms with E-state index in [1.165, 1.54) is 11.3 Å². The minimum Gasteiger partial charge on any atom is -0.378 e. The van der Waals surface area contributed by atoms with Gasteiger partial charge < -0.3 is 15.0 Å². The van der Waals surface area contributed by atoms with Crippen LogP contribution >= 0.6 is 0 Å². The summed E-state index contributed by atoms with van der Waals surface area (Å²) >= 11 is 0. The van der Waals surface area contributed by atoms with Gasteiger partial charge in [0.1, 0.15) is 5.82 Å². The highest BCUT2D eigenvalue weighted by atomic mass is 16.5. The Kier molecular flexibility index (Phi) is 3.20. The smallest absolute Gasteiger partial charge is 0.148 e. The quantitative estimate of drug-likeness (QED) is 0.913. The molecule has 2 aliphatic heterocycles. The highest BCUT2D eigenvalue weighted by Gasteiger charge is 2.24. The fourth-order valence-corrected chi connectivity index (χ4v) is 2.99. The van der Waals surface area contributed by atoms with Crippen LogP contribution < -0.4 is 10.2 Å². The van der Waals surface area contributed by atoms with Gasteiger partial charge in [-0.2, -0.15) is 0 Å². The SMILES string of the molecule is c1cnc2c(n1)CC(c1ccc(N3CCOCC3)cc1)N2. The molecular weight excluding hydrogens is 264 g/mol. The number of nitrogens with one attached hydrogen (secondary N) is 1. The van der Waals surface area contributed by atoms with Crippen LogP contribution in [0.15, 0.2) is 36.7 Å². The van der Waals surface area contributed by atoms with Gasteiger partial charge in [-0.05, 0) is 17.7 Å². The van der Waals surface area contributed by atoms with Crippen molar-refractivity contribution in [1.29, 1.82) is 0 Å². The number of nitrogens with zero attached hydrogens (tertiary/aromatic N) is 3. The molecule has 3 heterocycles. The largest absolute Gasteiger partial charge is 0.378 e. The van der Waals surface area contributed by atoms with Crippen LogP contribution in [0.4, 0.5) is 11.5 Å². The fraction of sp³-hybridized carbons (Fsp3) is 0.375. The van der Waals surface area contributed by atoms with Gasteiger partial charge in [0.2, 0.25) is 0 Å². The number of ether oxygens (including phenoxy) is 1. The van der Waals surface area contributed by atoms with Gasteiger partial charge in [-0.15, -0.1) is 0 Å². The molecule has 1 aromatic heterocycles. The first-order valence-corrected chi connectivity index (χ1v) is 7.39. The second-order valence-electron chi connectivity index (χ2n) is 5.44. The van der Waals surface area contributed by atoms with Crippen molar-refractivity contribution >= 4 is 11.5 Å². The number of rotatable bonds is 2. The predicted octanol–water partition coefficient (Wildman–Crippen LogP) is 2.02. The first-order valence-electron chi connectivity index (χ1n) is 7.39. The van der Waals surface area contributed by atoms with Crippen molar-refractivity contribution in [3.05, 3.63) is 47.9 Å². The minimum atomic E-state index is 0.279. The molecule has 5 heteroatoms. The van der Waals surface area contributed by atoms with Gasteiger partial charge in [0.05, 0.1) is 24.9 Å². The lowest BCUT2D eigenvalue weighted by molar-refractivity contribution is 0.122. The number of hydrogen-bond acceptors (Lipinski definition) is 5. The van der Waals surface area contributed by atoms with Gasteiger partial charge in [0.15, 0.2) is 0 Å². The second kappa shape index (κ2) is 5.33. The van der Waals surface area contributed by atoms with Crippen LogP contribution in [0.2, 0.25) is 0 Å². The summed E-state index contributed by atoms with van der Waals surface area (Å²) in [4.78, 5) is 11.1. The zero-order valence-corrected chi connectivity index (χ0v) is 11.8. The molecule has 0 bridgehead atoms. The lowest BCUT2D eigenvalue weighted by Gasteiger charge is -2.29. The molecule has 108 valence electrons.